The molecule has 0 aliphatic carbocycles. The van der Waals surface area contributed by atoms with Crippen LogP contribution in [-0.4, -0.2) is 30.6 Å². The molecular formula is C6H13NO. The maximum absolute atomic E-state index is 8.11. The number of aliphatic hydroxyl groups is 1. The number of rotatable bonds is 4. The van der Waals surface area contributed by atoms with Gasteiger partial charge in [0, 0.05) is 0 Å². The van der Waals surface area contributed by atoms with Gasteiger partial charge in [-0.25, -0.2) is 0 Å². The van der Waals surface area contributed by atoms with Crippen molar-refractivity contribution in [2.24, 2.45) is 0 Å². The van der Waals surface area contributed by atoms with E-state index < -0.39 is 0 Å². The van der Waals surface area contributed by atoms with Crippen LogP contribution in [0.25, 0.3) is 0 Å². The summed E-state index contributed by atoms with van der Waals surface area (Å²) in [5.41, 5.74) is 0. The van der Waals surface area contributed by atoms with Crippen LogP contribution >= 0.6 is 0 Å². The lowest BCUT2D eigenvalue weighted by Crippen LogP contribution is -2.12. The first-order valence-corrected chi connectivity index (χ1v) is 2.79. The third-order valence-corrected chi connectivity index (χ3v) is 0.894. The van der Waals surface area contributed by atoms with Crippen molar-refractivity contribution in [3.63, 3.8) is 0 Å². The average molecular weight is 115 g/mol. The molecule has 0 bridgehead atoms. The lowest BCUT2D eigenvalue weighted by Gasteiger charge is -2.06. The van der Waals surface area contributed by atoms with Crippen LogP contribution in [0.15, 0.2) is 0 Å². The first-order valence-electron chi connectivity index (χ1n) is 2.79. The molecule has 0 rings (SSSR count). The molecule has 0 aromatic rings. The molecule has 0 fully saturated rings. The van der Waals surface area contributed by atoms with Gasteiger partial charge >= 0.3 is 0 Å². The normalized spacial score (nSPS) is 10.5. The van der Waals surface area contributed by atoms with Gasteiger partial charge < -0.3 is 10.0 Å². The third-order valence-electron chi connectivity index (χ3n) is 0.894. The van der Waals surface area contributed by atoms with E-state index in [-0.39, 0.29) is 0 Å². The van der Waals surface area contributed by atoms with Gasteiger partial charge in [-0.2, -0.15) is 0 Å². The Hall–Kier alpha value is -0.0800. The zero-order valence-corrected chi connectivity index (χ0v) is 5.52. The van der Waals surface area contributed by atoms with Gasteiger partial charge in [-0.05, 0) is 33.5 Å². The van der Waals surface area contributed by atoms with E-state index in [1.54, 1.807) is 0 Å². The SMILES string of the molecule is CN(C)CCC[C]O. The van der Waals surface area contributed by atoms with E-state index in [9.17, 15) is 0 Å². The summed E-state index contributed by atoms with van der Waals surface area (Å²) in [6.07, 6.45) is 1.67. The Morgan fingerprint density at radius 2 is 2.12 bits per heavy atom. The highest BCUT2D eigenvalue weighted by Crippen LogP contribution is 1.90. The minimum atomic E-state index is 0.679. The summed E-state index contributed by atoms with van der Waals surface area (Å²) in [6.45, 7) is 3.12. The van der Waals surface area contributed by atoms with Crippen LogP contribution in [0.1, 0.15) is 12.8 Å². The van der Waals surface area contributed by atoms with Crippen LogP contribution in [-0.2, 0) is 0 Å². The quantitative estimate of drug-likeness (QED) is 0.546. The number of nitrogens with zero attached hydrogens (tertiary/aromatic N) is 1. The van der Waals surface area contributed by atoms with Crippen molar-refractivity contribution in [1.29, 1.82) is 0 Å². The van der Waals surface area contributed by atoms with Crippen LogP contribution in [0.4, 0.5) is 0 Å². The zero-order valence-electron chi connectivity index (χ0n) is 5.52. The lowest BCUT2D eigenvalue weighted by atomic mass is 10.3. The van der Waals surface area contributed by atoms with Gasteiger partial charge in [-0.15, -0.1) is 0 Å². The van der Waals surface area contributed by atoms with Crippen LogP contribution in [0, 0.1) is 6.61 Å². The molecule has 0 amide bonds. The topological polar surface area (TPSA) is 23.5 Å². The molecule has 0 unspecified atom stereocenters. The summed E-state index contributed by atoms with van der Waals surface area (Å²) in [7, 11) is 4.02. The highest BCUT2D eigenvalue weighted by molar-refractivity contribution is 4.49. The molecule has 0 saturated carbocycles. The first kappa shape index (κ1) is 7.92. The molecule has 0 aliphatic heterocycles. The van der Waals surface area contributed by atoms with Gasteiger partial charge in [0.25, 0.3) is 0 Å². The molecule has 0 aliphatic rings. The minimum Gasteiger partial charge on any atom is -0.384 e. The van der Waals surface area contributed by atoms with Gasteiger partial charge in [-0.3, -0.25) is 0 Å². The fourth-order valence-corrected chi connectivity index (χ4v) is 0.474. The van der Waals surface area contributed by atoms with E-state index in [1.165, 1.54) is 0 Å². The lowest BCUT2D eigenvalue weighted by molar-refractivity contribution is 0.344. The largest absolute Gasteiger partial charge is 0.384 e. The highest BCUT2D eigenvalue weighted by atomic mass is 16.2. The Balaban J connectivity index is 2.72. The maximum Gasteiger partial charge on any atom is 0.128 e. The summed E-state index contributed by atoms with van der Waals surface area (Å²) >= 11 is 0. The summed E-state index contributed by atoms with van der Waals surface area (Å²) < 4.78 is 0. The van der Waals surface area contributed by atoms with Crippen molar-refractivity contribution < 1.29 is 5.11 Å². The molecule has 0 aromatic heterocycles. The Bertz CT molecular complexity index is 45.8. The maximum atomic E-state index is 8.11. The summed E-state index contributed by atoms with van der Waals surface area (Å²) in [4.78, 5) is 2.08. The molecule has 0 heterocycles. The van der Waals surface area contributed by atoms with E-state index in [1.807, 2.05) is 14.1 Å². The van der Waals surface area contributed by atoms with Crippen LogP contribution in [0.3, 0.4) is 0 Å². The van der Waals surface area contributed by atoms with E-state index in [4.69, 9.17) is 5.11 Å². The van der Waals surface area contributed by atoms with E-state index in [0.29, 0.717) is 6.42 Å². The second kappa shape index (κ2) is 5.06. The van der Waals surface area contributed by atoms with Crippen LogP contribution < -0.4 is 0 Å². The van der Waals surface area contributed by atoms with Crippen molar-refractivity contribution in [3.8, 4) is 0 Å². The monoisotopic (exact) mass is 115 g/mol. The molecule has 48 valence electrons. The number of unbranched alkanes of at least 4 members (excludes halogenated alkanes) is 1. The van der Waals surface area contributed by atoms with Gasteiger partial charge in [0.1, 0.15) is 6.61 Å². The van der Waals surface area contributed by atoms with E-state index in [0.717, 1.165) is 13.0 Å². The Morgan fingerprint density at radius 3 is 2.50 bits per heavy atom. The van der Waals surface area contributed by atoms with Crippen molar-refractivity contribution in [3.05, 3.63) is 6.61 Å². The van der Waals surface area contributed by atoms with Crippen molar-refractivity contribution in [1.82, 2.24) is 4.90 Å². The smallest absolute Gasteiger partial charge is 0.128 e. The second-order valence-electron chi connectivity index (χ2n) is 2.06. The standard InChI is InChI=1S/C6H13NO/c1-7(2)5-3-4-6-8/h8H,3-5H2,1-2H3. The molecule has 2 heteroatoms. The number of hydrogen-bond donors (Lipinski definition) is 1. The van der Waals surface area contributed by atoms with Crippen molar-refractivity contribution >= 4 is 0 Å². The molecule has 0 spiro atoms. The van der Waals surface area contributed by atoms with Gasteiger partial charge in [0.15, 0.2) is 0 Å². The summed E-state index contributed by atoms with van der Waals surface area (Å²) in [6, 6.07) is 0. The summed E-state index contributed by atoms with van der Waals surface area (Å²) in [5.74, 6) is 0. The van der Waals surface area contributed by atoms with Gasteiger partial charge in [0.2, 0.25) is 0 Å². The molecule has 0 saturated heterocycles. The van der Waals surface area contributed by atoms with Crippen LogP contribution in [0.2, 0.25) is 0 Å². The fourth-order valence-electron chi connectivity index (χ4n) is 0.474. The zero-order chi connectivity index (χ0) is 6.41. The van der Waals surface area contributed by atoms with E-state index in [2.05, 4.69) is 11.5 Å². The average Bonchev–Trinajstić information content (AvgIpc) is 1.66. The van der Waals surface area contributed by atoms with Crippen molar-refractivity contribution in [2.75, 3.05) is 20.6 Å². The molecule has 0 aromatic carbocycles. The Labute approximate surface area is 51.1 Å². The molecule has 2 radical (unpaired) electrons. The third kappa shape index (κ3) is 5.92. The van der Waals surface area contributed by atoms with Crippen LogP contribution in [0.5, 0.6) is 0 Å². The molecular weight excluding hydrogens is 102 g/mol. The van der Waals surface area contributed by atoms with E-state index >= 15 is 0 Å². The molecule has 0 atom stereocenters. The fraction of sp³-hybridized carbons (Fsp3) is 0.833. The van der Waals surface area contributed by atoms with Crippen molar-refractivity contribution in [2.45, 2.75) is 12.8 Å². The number of hydrogen-bond acceptors (Lipinski definition) is 2. The predicted molar refractivity (Wildman–Crippen MR) is 33.0 cm³/mol. The Kier molecular flexibility index (Phi) is 5.01. The number of aliphatic hydroxyl groups excluding tert-OH is 1. The predicted octanol–water partition coefficient (Wildman–Crippen LogP) is 0.739. The highest BCUT2D eigenvalue weighted by Gasteiger charge is 1.88. The first-order chi connectivity index (χ1) is 3.77. The molecule has 1 N–H and O–H groups in total. The van der Waals surface area contributed by atoms with Gasteiger partial charge in [-0.1, -0.05) is 0 Å². The minimum absolute atomic E-state index is 0.679. The molecule has 2 nitrogen and oxygen atoms in total. The summed E-state index contributed by atoms with van der Waals surface area (Å²) in [5, 5.41) is 8.11. The Morgan fingerprint density at radius 1 is 1.50 bits per heavy atom. The molecule has 8 heavy (non-hydrogen) atoms. The van der Waals surface area contributed by atoms with Gasteiger partial charge in [0.05, 0.1) is 0 Å². The second-order valence-corrected chi connectivity index (χ2v) is 2.06.